The summed E-state index contributed by atoms with van der Waals surface area (Å²) in [6, 6.07) is 15.5. The fraction of sp³-hybridized carbons (Fsp3) is 0.125. The lowest BCUT2D eigenvalue weighted by molar-refractivity contribution is 0.724. The van der Waals surface area contributed by atoms with Crippen molar-refractivity contribution in [1.82, 2.24) is 24.2 Å². The Balaban J connectivity index is 1.90. The minimum atomic E-state index is -0.179. The topological polar surface area (TPSA) is 78.0 Å². The lowest BCUT2D eigenvalue weighted by Gasteiger charge is -2.06. The zero-order chi connectivity index (χ0) is 21.5. The molecule has 5 rings (SSSR count). The van der Waals surface area contributed by atoms with Crippen LogP contribution in [0.2, 0.25) is 0 Å². The maximum absolute atomic E-state index is 13.4. The smallest absolute Gasteiger partial charge is 0.265 e. The molecule has 0 aliphatic carbocycles. The van der Waals surface area contributed by atoms with Gasteiger partial charge in [0.2, 0.25) is 0 Å². The van der Waals surface area contributed by atoms with E-state index in [0.29, 0.717) is 40.1 Å². The van der Waals surface area contributed by atoms with Gasteiger partial charge in [-0.05, 0) is 37.1 Å². The summed E-state index contributed by atoms with van der Waals surface area (Å²) in [4.78, 5) is 27.6. The van der Waals surface area contributed by atoms with Crippen LogP contribution in [0.15, 0.2) is 71.1 Å². The Bertz CT molecular complexity index is 1570. The van der Waals surface area contributed by atoms with Crippen LogP contribution in [0.3, 0.4) is 0 Å². The van der Waals surface area contributed by atoms with Gasteiger partial charge in [-0.1, -0.05) is 42.5 Å². The molecule has 3 heterocycles. The van der Waals surface area contributed by atoms with Gasteiger partial charge in [0.25, 0.3) is 5.56 Å². The van der Waals surface area contributed by atoms with E-state index >= 15 is 0 Å². The van der Waals surface area contributed by atoms with Crippen molar-refractivity contribution in [3.63, 3.8) is 0 Å². The van der Waals surface area contributed by atoms with Crippen LogP contribution >= 0.6 is 0 Å². The quantitative estimate of drug-likeness (QED) is 0.333. The lowest BCUT2D eigenvalue weighted by atomic mass is 10.1. The molecule has 0 saturated carbocycles. The van der Waals surface area contributed by atoms with Crippen molar-refractivity contribution < 1.29 is 0 Å². The van der Waals surface area contributed by atoms with Crippen molar-refractivity contribution >= 4 is 39.4 Å². The third kappa shape index (κ3) is 3.02. The SMILES string of the molecule is C=CCn1c(C)nc2c(c1=O)c1nc3ccccc3nc1n2N=Cc1ccccc1C. The van der Waals surface area contributed by atoms with Crippen LogP contribution in [0, 0.1) is 13.8 Å². The minimum Gasteiger partial charge on any atom is -0.292 e. The van der Waals surface area contributed by atoms with Crippen LogP contribution in [0.1, 0.15) is 17.0 Å². The predicted molar refractivity (Wildman–Crippen MR) is 124 cm³/mol. The van der Waals surface area contributed by atoms with E-state index in [1.165, 1.54) is 0 Å². The molecule has 0 saturated heterocycles. The second kappa shape index (κ2) is 7.28. The molecule has 0 radical (unpaired) electrons. The molecule has 31 heavy (non-hydrogen) atoms. The van der Waals surface area contributed by atoms with Crippen LogP contribution < -0.4 is 5.56 Å². The van der Waals surface area contributed by atoms with Crippen molar-refractivity contribution in [3.05, 3.63) is 88.5 Å². The Morgan fingerprint density at radius 3 is 2.42 bits per heavy atom. The van der Waals surface area contributed by atoms with E-state index in [2.05, 4.69) is 11.7 Å². The van der Waals surface area contributed by atoms with Crippen molar-refractivity contribution in [2.75, 3.05) is 0 Å². The number of fused-ring (bicyclic) bond motifs is 4. The molecule has 2 aromatic carbocycles. The van der Waals surface area contributed by atoms with Crippen LogP contribution in [0.25, 0.3) is 33.2 Å². The zero-order valence-electron chi connectivity index (χ0n) is 17.3. The lowest BCUT2D eigenvalue weighted by Crippen LogP contribution is -2.23. The largest absolute Gasteiger partial charge is 0.292 e. The molecule has 0 amide bonds. The number of para-hydroxylation sites is 2. The van der Waals surface area contributed by atoms with Gasteiger partial charge < -0.3 is 0 Å². The summed E-state index contributed by atoms with van der Waals surface area (Å²) in [5.41, 5.74) is 4.77. The van der Waals surface area contributed by atoms with E-state index in [9.17, 15) is 4.79 Å². The summed E-state index contributed by atoms with van der Waals surface area (Å²) in [5.74, 6) is 0.581. The van der Waals surface area contributed by atoms with Crippen LogP contribution in [-0.2, 0) is 6.54 Å². The Hall–Kier alpha value is -4.13. The van der Waals surface area contributed by atoms with Crippen molar-refractivity contribution in [2.45, 2.75) is 20.4 Å². The van der Waals surface area contributed by atoms with Gasteiger partial charge in [-0.3, -0.25) is 9.36 Å². The fourth-order valence-corrected chi connectivity index (χ4v) is 3.72. The Kier molecular flexibility index (Phi) is 4.43. The summed E-state index contributed by atoms with van der Waals surface area (Å²) < 4.78 is 3.20. The highest BCUT2D eigenvalue weighted by Gasteiger charge is 2.20. The van der Waals surface area contributed by atoms with Crippen LogP contribution in [-0.4, -0.2) is 30.4 Å². The molecule has 0 aliphatic heterocycles. The number of aromatic nitrogens is 5. The van der Waals surface area contributed by atoms with E-state index in [0.717, 1.165) is 16.6 Å². The molecular weight excluding hydrogens is 388 g/mol. The molecule has 0 atom stereocenters. The Morgan fingerprint density at radius 2 is 1.68 bits per heavy atom. The highest BCUT2D eigenvalue weighted by Crippen LogP contribution is 2.25. The molecule has 7 nitrogen and oxygen atoms in total. The number of hydrogen-bond donors (Lipinski definition) is 0. The van der Waals surface area contributed by atoms with Gasteiger partial charge in [-0.15, -0.1) is 6.58 Å². The highest BCUT2D eigenvalue weighted by atomic mass is 16.1. The maximum atomic E-state index is 13.4. The molecular formula is C24H20N6O. The normalized spacial score (nSPS) is 11.8. The summed E-state index contributed by atoms with van der Waals surface area (Å²) in [6.07, 6.45) is 3.44. The van der Waals surface area contributed by atoms with E-state index in [-0.39, 0.29) is 5.56 Å². The Morgan fingerprint density at radius 1 is 0.968 bits per heavy atom. The van der Waals surface area contributed by atoms with E-state index in [1.54, 1.807) is 28.5 Å². The van der Waals surface area contributed by atoms with Gasteiger partial charge in [0.05, 0.1) is 17.2 Å². The first-order valence-corrected chi connectivity index (χ1v) is 9.97. The predicted octanol–water partition coefficient (Wildman–Crippen LogP) is 3.98. The third-order valence-electron chi connectivity index (χ3n) is 5.34. The number of aryl methyl sites for hydroxylation is 2. The van der Waals surface area contributed by atoms with Gasteiger partial charge in [0.1, 0.15) is 16.7 Å². The molecule has 0 spiro atoms. The van der Waals surface area contributed by atoms with Gasteiger partial charge in [0.15, 0.2) is 11.3 Å². The average molecular weight is 408 g/mol. The summed E-state index contributed by atoms with van der Waals surface area (Å²) in [5, 5.41) is 5.08. The molecule has 0 bridgehead atoms. The molecule has 0 aliphatic rings. The molecule has 152 valence electrons. The first-order chi connectivity index (χ1) is 15.1. The molecule has 7 heteroatoms. The van der Waals surface area contributed by atoms with Gasteiger partial charge in [-0.2, -0.15) is 9.78 Å². The summed E-state index contributed by atoms with van der Waals surface area (Å²) in [6.45, 7) is 7.95. The minimum absolute atomic E-state index is 0.179. The van der Waals surface area contributed by atoms with Crippen molar-refractivity contribution in [2.24, 2.45) is 5.10 Å². The van der Waals surface area contributed by atoms with Gasteiger partial charge in [0, 0.05) is 6.54 Å². The number of allylic oxidation sites excluding steroid dienone is 1. The first-order valence-electron chi connectivity index (χ1n) is 9.97. The molecule has 0 N–H and O–H groups in total. The summed E-state index contributed by atoms with van der Waals surface area (Å²) >= 11 is 0. The zero-order valence-corrected chi connectivity index (χ0v) is 17.3. The first kappa shape index (κ1) is 18.9. The van der Waals surface area contributed by atoms with E-state index in [1.807, 2.05) is 55.5 Å². The number of nitrogens with zero attached hydrogens (tertiary/aromatic N) is 6. The van der Waals surface area contributed by atoms with E-state index in [4.69, 9.17) is 15.0 Å². The van der Waals surface area contributed by atoms with Crippen LogP contribution in [0.5, 0.6) is 0 Å². The van der Waals surface area contributed by atoms with Gasteiger partial charge in [-0.25, -0.2) is 15.0 Å². The fourth-order valence-electron chi connectivity index (χ4n) is 3.72. The monoisotopic (exact) mass is 408 g/mol. The number of hydrogen-bond acceptors (Lipinski definition) is 5. The van der Waals surface area contributed by atoms with Crippen molar-refractivity contribution in [3.8, 4) is 0 Å². The highest BCUT2D eigenvalue weighted by molar-refractivity contribution is 6.05. The van der Waals surface area contributed by atoms with Crippen LogP contribution in [0.4, 0.5) is 0 Å². The Labute approximate surface area is 178 Å². The number of rotatable bonds is 4. The maximum Gasteiger partial charge on any atom is 0.265 e. The second-order valence-electron chi connectivity index (χ2n) is 7.36. The van der Waals surface area contributed by atoms with Gasteiger partial charge >= 0.3 is 0 Å². The van der Waals surface area contributed by atoms with Crippen molar-refractivity contribution in [1.29, 1.82) is 0 Å². The average Bonchev–Trinajstić information content (AvgIpc) is 3.06. The standard InChI is InChI=1S/C24H20N6O/c1-4-13-29-16(3)26-22-20(24(29)31)21-23(28-19-12-8-7-11-18(19)27-21)30(22)25-14-17-10-6-5-9-15(17)2/h4-12,14H,1,13H2,2-3H3. The van der Waals surface area contributed by atoms with E-state index < -0.39 is 0 Å². The molecule has 5 aromatic rings. The second-order valence-corrected chi connectivity index (χ2v) is 7.36. The summed E-state index contributed by atoms with van der Waals surface area (Å²) in [7, 11) is 0. The molecule has 0 unspecified atom stereocenters. The number of benzene rings is 2. The molecule has 0 fully saturated rings. The molecule has 3 aromatic heterocycles. The third-order valence-corrected chi connectivity index (χ3v) is 5.34.